The van der Waals surface area contributed by atoms with Crippen molar-refractivity contribution in [2.24, 2.45) is 0 Å². The molecule has 4 heteroatoms. The fraction of sp³-hybridized carbons (Fsp3) is 1.00. The zero-order valence-electron chi connectivity index (χ0n) is 16.8. The number of likely N-dealkylation sites (tertiary alicyclic amines) is 1. The number of nitrogens with one attached hydrogen (secondary N) is 1. The van der Waals surface area contributed by atoms with Gasteiger partial charge in [-0.1, -0.05) is 0 Å². The van der Waals surface area contributed by atoms with Gasteiger partial charge in [0.15, 0.2) is 0 Å². The number of morpholine rings is 1. The summed E-state index contributed by atoms with van der Waals surface area (Å²) < 4.78 is 5.54. The lowest BCUT2D eigenvalue weighted by Crippen LogP contribution is -2.57. The predicted octanol–water partition coefficient (Wildman–Crippen LogP) is 2.87. The zero-order chi connectivity index (χ0) is 17.5. The molecule has 0 aromatic rings. The zero-order valence-corrected chi connectivity index (χ0v) is 16.8. The Morgan fingerprint density at radius 2 is 1.25 bits per heavy atom. The summed E-state index contributed by atoms with van der Waals surface area (Å²) in [5, 5.41) is 3.65. The van der Waals surface area contributed by atoms with Crippen LogP contribution in [-0.4, -0.2) is 71.3 Å². The van der Waals surface area contributed by atoms with Crippen molar-refractivity contribution in [1.29, 1.82) is 0 Å². The fourth-order valence-corrected chi connectivity index (χ4v) is 5.07. The molecule has 4 aliphatic rings. The van der Waals surface area contributed by atoms with Crippen molar-refractivity contribution >= 4 is 0 Å². The van der Waals surface area contributed by atoms with E-state index in [1.54, 1.807) is 0 Å². The number of nitrogens with zero attached hydrogens (tertiary/aromatic N) is 2. The largest absolute Gasteiger partial charge is 0.378 e. The smallest absolute Gasteiger partial charge is 0.0622 e. The van der Waals surface area contributed by atoms with Crippen molar-refractivity contribution in [3.63, 3.8) is 0 Å². The summed E-state index contributed by atoms with van der Waals surface area (Å²) >= 11 is 0. The van der Waals surface area contributed by atoms with E-state index in [0.717, 1.165) is 25.3 Å². The lowest BCUT2D eigenvalue weighted by Gasteiger charge is -2.44. The molecule has 0 radical (unpaired) electrons. The second-order valence-electron chi connectivity index (χ2n) is 10.2. The van der Waals surface area contributed by atoms with Gasteiger partial charge in [0.25, 0.3) is 0 Å². The highest BCUT2D eigenvalue weighted by atomic mass is 16.5. The molecule has 0 aromatic heterocycles. The van der Waals surface area contributed by atoms with Crippen LogP contribution in [0.4, 0.5) is 0 Å². The van der Waals surface area contributed by atoms with Crippen LogP contribution in [0.1, 0.15) is 67.2 Å². The number of ether oxygens (including phenoxy) is 1. The molecule has 4 fully saturated rings. The van der Waals surface area contributed by atoms with E-state index in [9.17, 15) is 0 Å². The molecule has 0 saturated carbocycles. The molecule has 4 bridgehead atoms. The van der Waals surface area contributed by atoms with Gasteiger partial charge in [-0.3, -0.25) is 9.80 Å². The molecule has 0 aliphatic carbocycles. The molecule has 4 unspecified atom stereocenters. The van der Waals surface area contributed by atoms with E-state index >= 15 is 0 Å². The van der Waals surface area contributed by atoms with Crippen molar-refractivity contribution in [1.82, 2.24) is 15.1 Å². The highest BCUT2D eigenvalue weighted by Crippen LogP contribution is 2.34. The predicted molar refractivity (Wildman–Crippen MR) is 100 cm³/mol. The van der Waals surface area contributed by atoms with Gasteiger partial charge in [0.05, 0.1) is 13.2 Å². The minimum Gasteiger partial charge on any atom is -0.378 e. The Balaban J connectivity index is 0.000000141. The van der Waals surface area contributed by atoms with E-state index in [4.69, 9.17) is 4.74 Å². The molecule has 0 aromatic carbocycles. The van der Waals surface area contributed by atoms with E-state index in [0.29, 0.717) is 23.2 Å². The monoisotopic (exact) mass is 337 g/mol. The second-order valence-corrected chi connectivity index (χ2v) is 10.2. The van der Waals surface area contributed by atoms with E-state index in [1.165, 1.54) is 38.8 Å². The summed E-state index contributed by atoms with van der Waals surface area (Å²) in [6.45, 7) is 18.3. The Morgan fingerprint density at radius 1 is 0.750 bits per heavy atom. The minimum absolute atomic E-state index is 0.329. The standard InChI is InChI=1S/C10H20N2.C10H19NO/c1-10(2,3)12-6-8-4-5-9(7-12)11-8;1-10(2,3)11-8-4-5-9(11)7-12-6-8/h8-9,11H,4-7H2,1-3H3;8-9H,4-7H2,1-3H3. The Morgan fingerprint density at radius 3 is 1.62 bits per heavy atom. The quantitative estimate of drug-likeness (QED) is 0.736. The molecule has 4 nitrogen and oxygen atoms in total. The van der Waals surface area contributed by atoms with Crippen LogP contribution in [0.2, 0.25) is 0 Å². The van der Waals surface area contributed by atoms with Crippen molar-refractivity contribution in [3.05, 3.63) is 0 Å². The molecule has 4 saturated heterocycles. The molecular weight excluding hydrogens is 298 g/mol. The maximum atomic E-state index is 5.54. The Bertz CT molecular complexity index is 398. The van der Waals surface area contributed by atoms with E-state index < -0.39 is 0 Å². The normalized spacial score (nSPS) is 37.2. The maximum absolute atomic E-state index is 5.54. The maximum Gasteiger partial charge on any atom is 0.0622 e. The fourth-order valence-electron chi connectivity index (χ4n) is 5.07. The topological polar surface area (TPSA) is 27.7 Å². The van der Waals surface area contributed by atoms with Crippen LogP contribution in [0.3, 0.4) is 0 Å². The van der Waals surface area contributed by atoms with Crippen molar-refractivity contribution in [2.75, 3.05) is 26.3 Å². The molecule has 0 spiro atoms. The third-order valence-electron chi connectivity index (χ3n) is 6.18. The molecule has 4 heterocycles. The summed E-state index contributed by atoms with van der Waals surface area (Å²) in [6, 6.07) is 2.96. The van der Waals surface area contributed by atoms with Gasteiger partial charge in [0.2, 0.25) is 0 Å². The van der Waals surface area contributed by atoms with Crippen LogP contribution >= 0.6 is 0 Å². The van der Waals surface area contributed by atoms with Gasteiger partial charge in [-0.25, -0.2) is 0 Å². The average Bonchev–Trinajstić information content (AvgIpc) is 2.95. The highest BCUT2D eigenvalue weighted by molar-refractivity contribution is 4.97. The number of piperazine rings is 1. The van der Waals surface area contributed by atoms with Gasteiger partial charge < -0.3 is 10.1 Å². The summed E-state index contributed by atoms with van der Waals surface area (Å²) in [6.07, 6.45) is 5.44. The molecule has 140 valence electrons. The van der Waals surface area contributed by atoms with E-state index in [1.807, 2.05) is 0 Å². The van der Waals surface area contributed by atoms with E-state index in [-0.39, 0.29) is 0 Å². The van der Waals surface area contributed by atoms with Gasteiger partial charge in [0.1, 0.15) is 0 Å². The molecule has 24 heavy (non-hydrogen) atoms. The van der Waals surface area contributed by atoms with Crippen LogP contribution < -0.4 is 5.32 Å². The molecule has 4 rings (SSSR count). The number of hydrogen-bond acceptors (Lipinski definition) is 4. The Kier molecular flexibility index (Phi) is 5.33. The minimum atomic E-state index is 0.329. The van der Waals surface area contributed by atoms with Crippen LogP contribution in [0.5, 0.6) is 0 Å². The molecular formula is C20H39N3O. The first-order valence-electron chi connectivity index (χ1n) is 10.0. The third-order valence-corrected chi connectivity index (χ3v) is 6.18. The van der Waals surface area contributed by atoms with Crippen LogP contribution in [-0.2, 0) is 4.74 Å². The molecule has 1 N–H and O–H groups in total. The van der Waals surface area contributed by atoms with Gasteiger partial charge in [-0.05, 0) is 67.2 Å². The highest BCUT2D eigenvalue weighted by Gasteiger charge is 2.42. The number of hydrogen-bond donors (Lipinski definition) is 1. The SMILES string of the molecule is CC(C)(C)N1C2CCC1COC2.CC(C)(C)N1CC2CCC(C1)N2. The van der Waals surface area contributed by atoms with Gasteiger partial charge in [-0.15, -0.1) is 0 Å². The van der Waals surface area contributed by atoms with Crippen LogP contribution in [0.15, 0.2) is 0 Å². The molecule has 0 amide bonds. The van der Waals surface area contributed by atoms with Gasteiger partial charge >= 0.3 is 0 Å². The van der Waals surface area contributed by atoms with Crippen LogP contribution in [0, 0.1) is 0 Å². The van der Waals surface area contributed by atoms with Crippen molar-refractivity contribution < 1.29 is 4.74 Å². The second kappa shape index (κ2) is 6.86. The first-order chi connectivity index (χ1) is 11.1. The first kappa shape index (κ1) is 18.6. The third kappa shape index (κ3) is 4.14. The molecule has 4 atom stereocenters. The Labute approximate surface area is 149 Å². The van der Waals surface area contributed by atoms with E-state index in [2.05, 4.69) is 56.7 Å². The first-order valence-corrected chi connectivity index (χ1v) is 10.0. The Hall–Kier alpha value is -0.160. The van der Waals surface area contributed by atoms with Crippen molar-refractivity contribution in [2.45, 2.75) is 102 Å². The lowest BCUT2D eigenvalue weighted by molar-refractivity contribution is -0.0565. The van der Waals surface area contributed by atoms with Gasteiger partial charge in [-0.2, -0.15) is 0 Å². The van der Waals surface area contributed by atoms with Gasteiger partial charge in [0, 0.05) is 48.3 Å². The number of fused-ring (bicyclic) bond motifs is 4. The lowest BCUT2D eigenvalue weighted by atomic mass is 10.0. The number of rotatable bonds is 0. The summed E-state index contributed by atoms with van der Waals surface area (Å²) in [4.78, 5) is 5.27. The van der Waals surface area contributed by atoms with Crippen LogP contribution in [0.25, 0.3) is 0 Å². The average molecular weight is 338 g/mol. The summed E-state index contributed by atoms with van der Waals surface area (Å²) in [7, 11) is 0. The summed E-state index contributed by atoms with van der Waals surface area (Å²) in [5.41, 5.74) is 0.693. The van der Waals surface area contributed by atoms with Crippen molar-refractivity contribution in [3.8, 4) is 0 Å². The summed E-state index contributed by atoms with van der Waals surface area (Å²) in [5.74, 6) is 0. The molecule has 4 aliphatic heterocycles.